The number of amides is 3. The lowest BCUT2D eigenvalue weighted by Crippen LogP contribution is -2.48. The van der Waals surface area contributed by atoms with Crippen molar-refractivity contribution in [1.29, 1.82) is 0 Å². The van der Waals surface area contributed by atoms with Crippen molar-refractivity contribution in [3.05, 3.63) is 53.3 Å². The van der Waals surface area contributed by atoms with Gasteiger partial charge in [0.1, 0.15) is 6.54 Å². The Kier molecular flexibility index (Phi) is 6.85. The van der Waals surface area contributed by atoms with Crippen molar-refractivity contribution in [2.45, 2.75) is 51.7 Å². The molecule has 6 nitrogen and oxygen atoms in total. The van der Waals surface area contributed by atoms with Gasteiger partial charge in [-0.15, -0.1) is 0 Å². The Labute approximate surface area is 177 Å². The Balaban J connectivity index is 1.71. The number of rotatable bonds is 8. The van der Waals surface area contributed by atoms with Gasteiger partial charge >= 0.3 is 6.03 Å². The molecule has 3 rings (SSSR count). The third-order valence-electron chi connectivity index (χ3n) is 5.46. The van der Waals surface area contributed by atoms with Crippen molar-refractivity contribution in [3.8, 4) is 0 Å². The summed E-state index contributed by atoms with van der Waals surface area (Å²) in [5.74, 6) is -0.0183. The van der Waals surface area contributed by atoms with Crippen molar-refractivity contribution in [3.63, 3.8) is 0 Å². The highest BCUT2D eigenvalue weighted by atomic mass is 35.5. The van der Waals surface area contributed by atoms with Gasteiger partial charge in [0.05, 0.1) is 6.54 Å². The van der Waals surface area contributed by atoms with E-state index in [0.29, 0.717) is 17.3 Å². The first-order valence-corrected chi connectivity index (χ1v) is 10.5. The van der Waals surface area contributed by atoms with E-state index in [1.165, 1.54) is 0 Å². The van der Waals surface area contributed by atoms with Crippen molar-refractivity contribution in [2.75, 3.05) is 11.9 Å². The van der Waals surface area contributed by atoms with Crippen LogP contribution in [0.25, 0.3) is 0 Å². The molecule has 1 saturated carbocycles. The Morgan fingerprint density at radius 2 is 2.03 bits per heavy atom. The Morgan fingerprint density at radius 1 is 1.28 bits per heavy atom. The van der Waals surface area contributed by atoms with E-state index in [1.807, 2.05) is 48.7 Å². The van der Waals surface area contributed by atoms with Crippen LogP contribution in [0.15, 0.2) is 42.6 Å². The van der Waals surface area contributed by atoms with Gasteiger partial charge in [0, 0.05) is 41.7 Å². The fourth-order valence-corrected chi connectivity index (χ4v) is 3.48. The topological polar surface area (TPSA) is 57.6 Å². The molecule has 0 radical (unpaired) electrons. The van der Waals surface area contributed by atoms with Crippen molar-refractivity contribution in [2.24, 2.45) is 7.05 Å². The molecule has 1 aliphatic carbocycles. The van der Waals surface area contributed by atoms with Crippen LogP contribution in [0.5, 0.6) is 0 Å². The van der Waals surface area contributed by atoms with Crippen LogP contribution in [0.4, 0.5) is 10.5 Å². The molecule has 1 aromatic heterocycles. The molecule has 0 aliphatic heterocycles. The molecule has 7 heteroatoms. The van der Waals surface area contributed by atoms with Crippen LogP contribution in [0.3, 0.4) is 0 Å². The number of hydrogen-bond acceptors (Lipinski definition) is 2. The number of carbonyl (C=O) groups excluding carboxylic acids is 2. The standard InChI is InChI=1S/C22H29ClN4O2/c1-4-16(2)26(22(29)24-18-8-5-7-17(23)13-18)15-21(28)27(19-10-11-19)14-20-9-6-12-25(20)3/h5-9,12-13,16,19H,4,10-11,14-15H2,1-3H3,(H,24,29)/t16-/m1/s1. The summed E-state index contributed by atoms with van der Waals surface area (Å²) in [7, 11) is 1.98. The Bertz CT molecular complexity index is 862. The zero-order chi connectivity index (χ0) is 21.0. The molecule has 1 atom stereocenters. The predicted octanol–water partition coefficient (Wildman–Crippen LogP) is 4.50. The first kappa shape index (κ1) is 21.2. The van der Waals surface area contributed by atoms with Gasteiger partial charge in [-0.05, 0) is 56.5 Å². The average molecular weight is 417 g/mol. The van der Waals surface area contributed by atoms with Gasteiger partial charge in [-0.25, -0.2) is 4.79 Å². The monoisotopic (exact) mass is 416 g/mol. The zero-order valence-electron chi connectivity index (χ0n) is 17.3. The normalized spacial score (nSPS) is 14.3. The quantitative estimate of drug-likeness (QED) is 0.688. The maximum Gasteiger partial charge on any atom is 0.322 e. The highest BCUT2D eigenvalue weighted by Crippen LogP contribution is 2.29. The summed E-state index contributed by atoms with van der Waals surface area (Å²) < 4.78 is 2.03. The molecule has 1 fully saturated rings. The van der Waals surface area contributed by atoms with E-state index in [2.05, 4.69) is 5.32 Å². The molecule has 29 heavy (non-hydrogen) atoms. The summed E-state index contributed by atoms with van der Waals surface area (Å²) in [6.07, 6.45) is 4.79. The molecule has 3 amide bonds. The van der Waals surface area contributed by atoms with Gasteiger partial charge in [0.2, 0.25) is 5.91 Å². The summed E-state index contributed by atoms with van der Waals surface area (Å²) >= 11 is 6.02. The lowest BCUT2D eigenvalue weighted by molar-refractivity contribution is -0.133. The average Bonchev–Trinajstić information content (AvgIpc) is 3.45. The summed E-state index contributed by atoms with van der Waals surface area (Å²) in [4.78, 5) is 29.6. The molecule has 2 aromatic rings. The maximum atomic E-state index is 13.2. The van der Waals surface area contributed by atoms with Crippen LogP contribution < -0.4 is 5.32 Å². The van der Waals surface area contributed by atoms with E-state index >= 15 is 0 Å². The number of nitrogens with zero attached hydrogens (tertiary/aromatic N) is 3. The molecule has 0 bridgehead atoms. The maximum absolute atomic E-state index is 13.2. The number of hydrogen-bond donors (Lipinski definition) is 1. The van der Waals surface area contributed by atoms with E-state index in [4.69, 9.17) is 11.6 Å². The fraction of sp³-hybridized carbons (Fsp3) is 0.455. The number of nitrogens with one attached hydrogen (secondary N) is 1. The largest absolute Gasteiger partial charge is 0.353 e. The number of aromatic nitrogens is 1. The zero-order valence-corrected chi connectivity index (χ0v) is 18.0. The molecule has 156 valence electrons. The summed E-state index contributed by atoms with van der Waals surface area (Å²) in [5.41, 5.74) is 1.70. The number of urea groups is 1. The molecule has 0 saturated heterocycles. The van der Waals surface area contributed by atoms with E-state index in [1.54, 1.807) is 29.2 Å². The molecule has 0 spiro atoms. The second kappa shape index (κ2) is 9.35. The second-order valence-corrected chi connectivity index (χ2v) is 8.13. The fourth-order valence-electron chi connectivity index (χ4n) is 3.29. The van der Waals surface area contributed by atoms with Crippen LogP contribution in [0.2, 0.25) is 5.02 Å². The van der Waals surface area contributed by atoms with E-state index in [-0.39, 0.29) is 30.6 Å². The van der Waals surface area contributed by atoms with Gasteiger partial charge in [0.25, 0.3) is 0 Å². The van der Waals surface area contributed by atoms with E-state index in [0.717, 1.165) is 25.0 Å². The van der Waals surface area contributed by atoms with E-state index in [9.17, 15) is 9.59 Å². The Hall–Kier alpha value is -2.47. The van der Waals surface area contributed by atoms with Gasteiger partial charge in [0.15, 0.2) is 0 Å². The molecule has 1 aromatic carbocycles. The predicted molar refractivity (Wildman–Crippen MR) is 116 cm³/mol. The van der Waals surface area contributed by atoms with Gasteiger partial charge in [-0.3, -0.25) is 4.79 Å². The van der Waals surface area contributed by atoms with Gasteiger partial charge in [-0.1, -0.05) is 24.6 Å². The minimum absolute atomic E-state index is 0.0183. The number of anilines is 1. The minimum atomic E-state index is -0.287. The van der Waals surface area contributed by atoms with Crippen molar-refractivity contribution in [1.82, 2.24) is 14.4 Å². The van der Waals surface area contributed by atoms with Crippen molar-refractivity contribution >= 4 is 29.2 Å². The van der Waals surface area contributed by atoms with E-state index < -0.39 is 0 Å². The third-order valence-corrected chi connectivity index (χ3v) is 5.69. The third kappa shape index (κ3) is 5.54. The Morgan fingerprint density at radius 3 is 2.62 bits per heavy atom. The molecule has 1 aliphatic rings. The molecular weight excluding hydrogens is 388 g/mol. The number of halogens is 1. The first-order chi connectivity index (χ1) is 13.9. The summed E-state index contributed by atoms with van der Waals surface area (Å²) in [6, 6.07) is 10.9. The highest BCUT2D eigenvalue weighted by molar-refractivity contribution is 6.30. The number of benzene rings is 1. The van der Waals surface area contributed by atoms with Crippen LogP contribution in [-0.4, -0.2) is 44.9 Å². The molecule has 1 heterocycles. The van der Waals surface area contributed by atoms with Crippen LogP contribution in [-0.2, 0) is 18.4 Å². The SMILES string of the molecule is CC[C@@H](C)N(CC(=O)N(Cc1cccn1C)C1CC1)C(=O)Nc1cccc(Cl)c1. The van der Waals surface area contributed by atoms with Crippen LogP contribution >= 0.6 is 11.6 Å². The molecule has 1 N–H and O–H groups in total. The van der Waals surface area contributed by atoms with Crippen LogP contribution in [0, 0.1) is 0 Å². The minimum Gasteiger partial charge on any atom is -0.353 e. The van der Waals surface area contributed by atoms with Crippen molar-refractivity contribution < 1.29 is 9.59 Å². The van der Waals surface area contributed by atoms with Gasteiger partial charge in [-0.2, -0.15) is 0 Å². The van der Waals surface area contributed by atoms with Gasteiger partial charge < -0.3 is 19.7 Å². The molecular formula is C22H29ClN4O2. The second-order valence-electron chi connectivity index (χ2n) is 7.69. The van der Waals surface area contributed by atoms with Crippen LogP contribution in [0.1, 0.15) is 38.8 Å². The smallest absolute Gasteiger partial charge is 0.322 e. The highest BCUT2D eigenvalue weighted by Gasteiger charge is 2.34. The number of aryl methyl sites for hydroxylation is 1. The lowest BCUT2D eigenvalue weighted by Gasteiger charge is -2.31. The first-order valence-electron chi connectivity index (χ1n) is 10.1. The summed E-state index contributed by atoms with van der Waals surface area (Å²) in [6.45, 7) is 4.60. The molecule has 0 unspecified atom stereocenters. The lowest BCUT2D eigenvalue weighted by atomic mass is 10.2. The summed E-state index contributed by atoms with van der Waals surface area (Å²) in [5, 5.41) is 3.42. The number of carbonyl (C=O) groups is 2.